The smallest absolute Gasteiger partial charge is 0.363 e. The number of aromatic amines is 1. The number of carbonyl (C=O) groups is 2. The topological polar surface area (TPSA) is 291 Å². The summed E-state index contributed by atoms with van der Waals surface area (Å²) in [6, 6.07) is 10.5. The lowest BCUT2D eigenvalue weighted by Crippen LogP contribution is -2.32. The zero-order valence-electron chi connectivity index (χ0n) is 33.1. The molecular weight excluding hydrogens is 840 g/mol. The summed E-state index contributed by atoms with van der Waals surface area (Å²) in [5.74, 6) is -2.37. The Hall–Kier alpha value is -5.11. The first-order chi connectivity index (χ1) is 29.3. The van der Waals surface area contributed by atoms with Crippen molar-refractivity contribution in [2.45, 2.75) is 70.9 Å². The second-order valence-corrected chi connectivity index (χ2v) is 17.3. The van der Waals surface area contributed by atoms with Crippen molar-refractivity contribution in [3.8, 4) is 6.07 Å². The number of fused-ring (bicyclic) bond motifs is 5. The van der Waals surface area contributed by atoms with E-state index in [4.69, 9.17) is 32.1 Å². The molecule has 1 aromatic carbocycles. The van der Waals surface area contributed by atoms with Gasteiger partial charge in [0.05, 0.1) is 56.6 Å². The molecule has 4 aromatic heterocycles. The molecule has 23 nitrogen and oxygen atoms in total. The van der Waals surface area contributed by atoms with Crippen LogP contribution in [0.3, 0.4) is 0 Å². The molecular formula is C36H41N11O12P2. The quantitative estimate of drug-likeness (QED) is 0.121. The molecule has 0 aliphatic carbocycles. The molecule has 3 aliphatic heterocycles. The van der Waals surface area contributed by atoms with Gasteiger partial charge < -0.3 is 28.7 Å². The van der Waals surface area contributed by atoms with Crippen molar-refractivity contribution in [1.29, 1.82) is 5.26 Å². The van der Waals surface area contributed by atoms with Crippen LogP contribution in [0.5, 0.6) is 0 Å². The van der Waals surface area contributed by atoms with Crippen molar-refractivity contribution in [1.82, 2.24) is 39.1 Å². The highest BCUT2D eigenvalue weighted by Gasteiger charge is 2.52. The van der Waals surface area contributed by atoms with Crippen LogP contribution in [0, 0.1) is 29.1 Å². The van der Waals surface area contributed by atoms with Gasteiger partial charge in [-0.15, -0.1) is 0 Å². The van der Waals surface area contributed by atoms with Crippen molar-refractivity contribution in [2.24, 2.45) is 17.8 Å². The molecule has 5 aromatic rings. The maximum Gasteiger partial charge on any atom is 0.475 e. The van der Waals surface area contributed by atoms with E-state index in [2.05, 4.69) is 40.7 Å². The highest BCUT2D eigenvalue weighted by atomic mass is 31.2. The number of H-pyrrole nitrogens is 1. The lowest BCUT2D eigenvalue weighted by molar-refractivity contribution is -0.118. The number of rotatable bonds is 9. The van der Waals surface area contributed by atoms with Crippen molar-refractivity contribution in [2.75, 3.05) is 30.5 Å². The normalized spacial score (nSPS) is 29.4. The summed E-state index contributed by atoms with van der Waals surface area (Å²) in [5.41, 5.74) is 0.376. The molecule has 322 valence electrons. The number of nitrogens with one attached hydrogen (secondary N) is 3. The maximum atomic E-state index is 14.7. The van der Waals surface area contributed by atoms with Gasteiger partial charge in [-0.1, -0.05) is 45.9 Å². The number of phosphoric ester groups is 1. The molecule has 2 bridgehead atoms. The Morgan fingerprint density at radius 3 is 2.66 bits per heavy atom. The van der Waals surface area contributed by atoms with Gasteiger partial charge in [0.2, 0.25) is 11.9 Å². The van der Waals surface area contributed by atoms with Crippen LogP contribution in [0.25, 0.3) is 16.8 Å². The Labute approximate surface area is 347 Å². The molecule has 0 saturated carbocycles. The Balaban J connectivity index is 1.08. The summed E-state index contributed by atoms with van der Waals surface area (Å²) in [7, 11) is -7.20. The number of phosphoric acid groups is 1. The minimum atomic E-state index is -4.61. The highest BCUT2D eigenvalue weighted by Crippen LogP contribution is 2.57. The number of imidazole rings is 2. The third-order valence-electron chi connectivity index (χ3n) is 10.4. The molecule has 61 heavy (non-hydrogen) atoms. The van der Waals surface area contributed by atoms with E-state index in [1.165, 1.54) is 27.9 Å². The summed E-state index contributed by atoms with van der Waals surface area (Å²) in [6.07, 6.45) is -2.00. The standard InChI is InChI=1S/C36H41N11O12P2/c1-18(2)32(48)44-36-43-30-25(34(50)45-36)40-17-46(30)35-28-19(3)23(57-35)14-53-60(51)58-27-20(4)26(56-24(27)15-55-61(52,59-28)54-12-8-11-37)22-13-38-31-29(39-16-41-47(22)31)42-33(49)21-9-6-5-7-10-21/h5-7,9-10,13,16-20,23-24,26-28,35,51H,8,12,14-15H2,1-4H3,(H,39,41,42,49)(H2,43,44,45,48,50). The lowest BCUT2D eigenvalue weighted by atomic mass is 9.97. The zero-order valence-corrected chi connectivity index (χ0v) is 34.8. The average Bonchev–Trinajstić information content (AvgIpc) is 4.01. The van der Waals surface area contributed by atoms with Crippen LogP contribution in [0.15, 0.2) is 54.0 Å². The van der Waals surface area contributed by atoms with Crippen LogP contribution >= 0.6 is 16.4 Å². The van der Waals surface area contributed by atoms with E-state index in [9.17, 15) is 29.1 Å². The third kappa shape index (κ3) is 8.69. The fourth-order valence-electron chi connectivity index (χ4n) is 7.16. The van der Waals surface area contributed by atoms with E-state index in [-0.39, 0.29) is 48.2 Å². The van der Waals surface area contributed by atoms with Crippen molar-refractivity contribution in [3.63, 3.8) is 0 Å². The number of hydrogen-bond acceptors (Lipinski definition) is 18. The van der Waals surface area contributed by atoms with E-state index in [1.807, 2.05) is 6.07 Å². The van der Waals surface area contributed by atoms with Gasteiger partial charge in [0.15, 0.2) is 28.9 Å². The number of anilines is 2. The second-order valence-electron chi connectivity index (χ2n) is 14.8. The molecule has 3 saturated heterocycles. The molecule has 7 heterocycles. The van der Waals surface area contributed by atoms with Gasteiger partial charge >= 0.3 is 16.4 Å². The molecule has 0 spiro atoms. The van der Waals surface area contributed by atoms with E-state index in [0.717, 1.165) is 0 Å². The zero-order chi connectivity index (χ0) is 43.0. The first-order valence-electron chi connectivity index (χ1n) is 19.2. The lowest BCUT2D eigenvalue weighted by Gasteiger charge is -2.28. The Bertz CT molecular complexity index is 2570. The molecule has 3 fully saturated rings. The maximum absolute atomic E-state index is 14.7. The largest absolute Gasteiger partial charge is 0.475 e. The Morgan fingerprint density at radius 1 is 1.08 bits per heavy atom. The minimum Gasteiger partial charge on any atom is -0.363 e. The van der Waals surface area contributed by atoms with E-state index in [1.54, 1.807) is 58.0 Å². The first kappa shape index (κ1) is 42.6. The summed E-state index contributed by atoms with van der Waals surface area (Å²) < 4.78 is 60.3. The SMILES string of the molecule is CC(C)C(=O)Nc1nc2c(ncn2C2OC3COP(O)OC4C(COP(=O)(OCCC#N)OC2C3C)OC(c2cnc3c(NC(=O)c5ccccc5)ncnn23)C4C)c(=O)[nH]1. The number of hydrogen-bond donors (Lipinski definition) is 4. The van der Waals surface area contributed by atoms with Crippen LogP contribution in [0.2, 0.25) is 0 Å². The van der Waals surface area contributed by atoms with Gasteiger partial charge in [0.1, 0.15) is 30.7 Å². The van der Waals surface area contributed by atoms with E-state index < -0.39 is 94.9 Å². The second kappa shape index (κ2) is 17.7. The van der Waals surface area contributed by atoms with Gasteiger partial charge in [-0.3, -0.25) is 42.8 Å². The highest BCUT2D eigenvalue weighted by molar-refractivity contribution is 7.48. The van der Waals surface area contributed by atoms with Crippen molar-refractivity contribution < 1.29 is 51.1 Å². The van der Waals surface area contributed by atoms with Crippen LogP contribution < -0.4 is 16.2 Å². The van der Waals surface area contributed by atoms with Crippen LogP contribution in [-0.2, 0) is 41.5 Å². The number of benzene rings is 1. The molecule has 25 heteroatoms. The fraction of sp³-hybridized carbons (Fsp3) is 0.472. The van der Waals surface area contributed by atoms with Gasteiger partial charge in [-0.2, -0.15) is 15.3 Å². The number of carbonyl (C=O) groups excluding carboxylic acids is 2. The molecule has 10 atom stereocenters. The Kier molecular flexibility index (Phi) is 12.4. The molecule has 10 unspecified atom stereocenters. The minimum absolute atomic E-state index is 0.00997. The summed E-state index contributed by atoms with van der Waals surface area (Å²) >= 11 is 0. The van der Waals surface area contributed by atoms with E-state index >= 15 is 0 Å². The van der Waals surface area contributed by atoms with E-state index in [0.29, 0.717) is 11.3 Å². The van der Waals surface area contributed by atoms with Crippen LogP contribution in [0.4, 0.5) is 11.8 Å². The third-order valence-corrected chi connectivity index (χ3v) is 12.7. The number of nitrogens with zero attached hydrogens (tertiary/aromatic N) is 8. The molecule has 2 amide bonds. The first-order valence-corrected chi connectivity index (χ1v) is 21.8. The van der Waals surface area contributed by atoms with Gasteiger partial charge in [-0.05, 0) is 12.1 Å². The van der Waals surface area contributed by atoms with Crippen LogP contribution in [-0.4, -0.2) is 100 Å². The van der Waals surface area contributed by atoms with Gasteiger partial charge in [0.25, 0.3) is 11.5 Å². The number of aromatic nitrogens is 8. The Morgan fingerprint density at radius 2 is 1.89 bits per heavy atom. The fourth-order valence-corrected chi connectivity index (χ4v) is 9.46. The monoisotopic (exact) mass is 881 g/mol. The molecule has 8 rings (SSSR count). The molecule has 0 radical (unpaired) electrons. The van der Waals surface area contributed by atoms with Crippen LogP contribution in [0.1, 0.15) is 62.5 Å². The number of amides is 2. The predicted molar refractivity (Wildman–Crippen MR) is 211 cm³/mol. The average molecular weight is 882 g/mol. The van der Waals surface area contributed by atoms with Crippen molar-refractivity contribution >= 4 is 56.8 Å². The molecule has 4 N–H and O–H groups in total. The summed E-state index contributed by atoms with van der Waals surface area (Å²) in [5, 5.41) is 19.0. The number of nitriles is 1. The molecule has 3 aliphatic rings. The summed E-state index contributed by atoms with van der Waals surface area (Å²) in [6.45, 7) is 5.88. The number of ether oxygens (including phenoxy) is 2. The van der Waals surface area contributed by atoms with Gasteiger partial charge in [0, 0.05) is 23.3 Å². The van der Waals surface area contributed by atoms with Crippen molar-refractivity contribution in [3.05, 3.63) is 70.8 Å². The van der Waals surface area contributed by atoms with Gasteiger partial charge in [-0.25, -0.2) is 24.0 Å². The summed E-state index contributed by atoms with van der Waals surface area (Å²) in [4.78, 5) is 69.5. The predicted octanol–water partition coefficient (Wildman–Crippen LogP) is 3.79.